The molecule has 0 bridgehead atoms. The number of amides is 1. The van der Waals surface area contributed by atoms with Gasteiger partial charge in [0, 0.05) is 11.5 Å². The number of nitrogens with one attached hydrogen (secondary N) is 1. The summed E-state index contributed by atoms with van der Waals surface area (Å²) in [6, 6.07) is 10.3. The molecule has 1 amide bonds. The first-order chi connectivity index (χ1) is 10.2. The van der Waals surface area contributed by atoms with E-state index in [-0.39, 0.29) is 11.9 Å². The molecule has 0 saturated heterocycles. The van der Waals surface area contributed by atoms with Gasteiger partial charge in [-0.2, -0.15) is 0 Å². The lowest BCUT2D eigenvalue weighted by Gasteiger charge is -2.17. The predicted molar refractivity (Wildman–Crippen MR) is 85.9 cm³/mol. The van der Waals surface area contributed by atoms with Crippen molar-refractivity contribution in [2.45, 2.75) is 25.8 Å². The largest absolute Gasteiger partial charge is 0.345 e. The average molecular weight is 298 g/mol. The standard InChI is InChI=1S/C17H18N2OS/c1-12-18-15(11-21-12)9-10-16(20)19-17(14-7-8-14)13-5-3-2-4-6-13/h2-6,9-11,14,17H,7-8H2,1H3,(H,19,20). The van der Waals surface area contributed by atoms with Crippen molar-refractivity contribution in [3.8, 4) is 0 Å². The number of carbonyl (C=O) groups excluding carboxylic acids is 1. The molecule has 4 heteroatoms. The lowest BCUT2D eigenvalue weighted by molar-refractivity contribution is -0.117. The quantitative estimate of drug-likeness (QED) is 0.855. The maximum Gasteiger partial charge on any atom is 0.244 e. The number of thiazole rings is 1. The zero-order valence-corrected chi connectivity index (χ0v) is 12.8. The minimum atomic E-state index is -0.0543. The van der Waals surface area contributed by atoms with Gasteiger partial charge in [-0.25, -0.2) is 4.98 Å². The Hall–Kier alpha value is -1.94. The number of hydrogen-bond acceptors (Lipinski definition) is 3. The van der Waals surface area contributed by atoms with Crippen molar-refractivity contribution in [3.63, 3.8) is 0 Å². The number of carbonyl (C=O) groups is 1. The molecule has 3 nitrogen and oxygen atoms in total. The Kier molecular flexibility index (Phi) is 4.15. The van der Waals surface area contributed by atoms with Crippen LogP contribution in [0, 0.1) is 12.8 Å². The molecule has 1 aliphatic carbocycles. The van der Waals surface area contributed by atoms with Crippen molar-refractivity contribution < 1.29 is 4.79 Å². The van der Waals surface area contributed by atoms with Gasteiger partial charge in [0.25, 0.3) is 0 Å². The molecule has 1 heterocycles. The molecule has 1 unspecified atom stereocenters. The molecule has 1 aliphatic rings. The second-order valence-electron chi connectivity index (χ2n) is 5.36. The van der Waals surface area contributed by atoms with Gasteiger partial charge in [-0.15, -0.1) is 11.3 Å². The Morgan fingerprint density at radius 2 is 2.14 bits per heavy atom. The minimum absolute atomic E-state index is 0.0543. The number of benzene rings is 1. The number of aromatic nitrogens is 1. The summed E-state index contributed by atoms with van der Waals surface area (Å²) in [6.45, 7) is 1.96. The van der Waals surface area contributed by atoms with E-state index in [1.54, 1.807) is 23.5 Å². The molecule has 0 aliphatic heterocycles. The summed E-state index contributed by atoms with van der Waals surface area (Å²) < 4.78 is 0. The summed E-state index contributed by atoms with van der Waals surface area (Å²) in [5.74, 6) is 0.521. The Morgan fingerprint density at radius 1 is 1.38 bits per heavy atom. The van der Waals surface area contributed by atoms with Crippen LogP contribution in [0.2, 0.25) is 0 Å². The van der Waals surface area contributed by atoms with Crippen LogP contribution in [0.3, 0.4) is 0 Å². The van der Waals surface area contributed by atoms with Crippen LogP contribution in [-0.2, 0) is 4.79 Å². The normalized spacial score (nSPS) is 16.0. The summed E-state index contributed by atoms with van der Waals surface area (Å²) in [7, 11) is 0. The lowest BCUT2D eigenvalue weighted by atomic mass is 10.0. The van der Waals surface area contributed by atoms with Gasteiger partial charge in [-0.3, -0.25) is 4.79 Å². The molecule has 0 radical (unpaired) electrons. The van der Waals surface area contributed by atoms with Crippen LogP contribution < -0.4 is 5.32 Å². The molecule has 3 rings (SSSR count). The van der Waals surface area contributed by atoms with E-state index in [0.29, 0.717) is 5.92 Å². The second kappa shape index (κ2) is 6.22. The molecule has 1 atom stereocenters. The maximum absolute atomic E-state index is 12.1. The van der Waals surface area contributed by atoms with Crippen LogP contribution in [0.25, 0.3) is 6.08 Å². The van der Waals surface area contributed by atoms with E-state index in [1.165, 1.54) is 18.4 Å². The van der Waals surface area contributed by atoms with Gasteiger partial charge in [0.2, 0.25) is 5.91 Å². The smallest absolute Gasteiger partial charge is 0.244 e. The van der Waals surface area contributed by atoms with Crippen molar-refractivity contribution >= 4 is 23.3 Å². The molecule has 1 saturated carbocycles. The van der Waals surface area contributed by atoms with Crippen LogP contribution in [0.15, 0.2) is 41.8 Å². The molecule has 1 fully saturated rings. The van der Waals surface area contributed by atoms with Gasteiger partial charge >= 0.3 is 0 Å². The third-order valence-electron chi connectivity index (χ3n) is 3.59. The van der Waals surface area contributed by atoms with E-state index >= 15 is 0 Å². The first kappa shape index (κ1) is 14.0. The van der Waals surface area contributed by atoms with E-state index < -0.39 is 0 Å². The van der Waals surface area contributed by atoms with Gasteiger partial charge in [0.15, 0.2) is 0 Å². The van der Waals surface area contributed by atoms with Gasteiger partial charge in [-0.05, 0) is 37.3 Å². The Labute approximate surface area is 128 Å². The van der Waals surface area contributed by atoms with Crippen molar-refractivity contribution in [2.24, 2.45) is 5.92 Å². The van der Waals surface area contributed by atoms with Gasteiger partial charge in [0.1, 0.15) is 0 Å². The summed E-state index contributed by atoms with van der Waals surface area (Å²) in [5.41, 5.74) is 2.03. The first-order valence-electron chi connectivity index (χ1n) is 7.18. The van der Waals surface area contributed by atoms with Crippen LogP contribution >= 0.6 is 11.3 Å². The van der Waals surface area contributed by atoms with Gasteiger partial charge in [-0.1, -0.05) is 30.3 Å². The van der Waals surface area contributed by atoms with E-state index in [2.05, 4.69) is 22.4 Å². The summed E-state index contributed by atoms with van der Waals surface area (Å²) in [6.07, 6.45) is 5.73. The number of hydrogen-bond donors (Lipinski definition) is 1. The zero-order chi connectivity index (χ0) is 14.7. The van der Waals surface area contributed by atoms with Crippen molar-refractivity contribution in [3.05, 3.63) is 58.1 Å². The van der Waals surface area contributed by atoms with E-state index in [0.717, 1.165) is 10.7 Å². The topological polar surface area (TPSA) is 42.0 Å². The molecule has 2 aromatic rings. The van der Waals surface area contributed by atoms with Crippen LogP contribution in [0.5, 0.6) is 0 Å². The maximum atomic E-state index is 12.1. The molecule has 1 N–H and O–H groups in total. The third kappa shape index (κ3) is 3.79. The molecule has 1 aromatic heterocycles. The lowest BCUT2D eigenvalue weighted by Crippen LogP contribution is -2.28. The molecule has 108 valence electrons. The van der Waals surface area contributed by atoms with Crippen LogP contribution in [0.4, 0.5) is 0 Å². The Morgan fingerprint density at radius 3 is 2.76 bits per heavy atom. The molecule has 21 heavy (non-hydrogen) atoms. The van der Waals surface area contributed by atoms with Crippen molar-refractivity contribution in [1.82, 2.24) is 10.3 Å². The molecular formula is C17H18N2OS. The highest BCUT2D eigenvalue weighted by molar-refractivity contribution is 7.09. The fraction of sp³-hybridized carbons (Fsp3) is 0.294. The fourth-order valence-electron chi connectivity index (χ4n) is 2.38. The van der Waals surface area contributed by atoms with E-state index in [1.807, 2.05) is 30.5 Å². The number of nitrogens with zero attached hydrogens (tertiary/aromatic N) is 1. The Bertz CT molecular complexity index is 644. The SMILES string of the molecule is Cc1nc(C=CC(=O)NC(c2ccccc2)C2CC2)cs1. The molecule has 1 aromatic carbocycles. The number of aryl methyl sites for hydroxylation is 1. The average Bonchev–Trinajstić information content (AvgIpc) is 3.26. The van der Waals surface area contributed by atoms with Crippen molar-refractivity contribution in [2.75, 3.05) is 0 Å². The second-order valence-corrected chi connectivity index (χ2v) is 6.42. The monoisotopic (exact) mass is 298 g/mol. The highest BCUT2D eigenvalue weighted by Gasteiger charge is 2.32. The van der Waals surface area contributed by atoms with E-state index in [9.17, 15) is 4.79 Å². The van der Waals surface area contributed by atoms with Crippen LogP contribution in [-0.4, -0.2) is 10.9 Å². The predicted octanol–water partition coefficient (Wildman–Crippen LogP) is 3.73. The summed E-state index contributed by atoms with van der Waals surface area (Å²) in [4.78, 5) is 16.4. The summed E-state index contributed by atoms with van der Waals surface area (Å²) in [5, 5.41) is 6.08. The van der Waals surface area contributed by atoms with Crippen LogP contribution in [0.1, 0.15) is 35.1 Å². The van der Waals surface area contributed by atoms with Gasteiger partial charge in [0.05, 0.1) is 16.7 Å². The fourth-order valence-corrected chi connectivity index (χ4v) is 2.96. The number of rotatable bonds is 5. The molecular weight excluding hydrogens is 280 g/mol. The highest BCUT2D eigenvalue weighted by atomic mass is 32.1. The minimum Gasteiger partial charge on any atom is -0.345 e. The highest BCUT2D eigenvalue weighted by Crippen LogP contribution is 2.40. The first-order valence-corrected chi connectivity index (χ1v) is 8.06. The van der Waals surface area contributed by atoms with Crippen molar-refractivity contribution in [1.29, 1.82) is 0 Å². The van der Waals surface area contributed by atoms with Gasteiger partial charge < -0.3 is 5.32 Å². The molecule has 0 spiro atoms. The zero-order valence-electron chi connectivity index (χ0n) is 12.0. The van der Waals surface area contributed by atoms with E-state index in [4.69, 9.17) is 0 Å². The Balaban J connectivity index is 1.66. The summed E-state index contributed by atoms with van der Waals surface area (Å²) >= 11 is 1.59. The third-order valence-corrected chi connectivity index (χ3v) is 4.38.